The number of anilines is 1. The molecule has 41 heavy (non-hydrogen) atoms. The lowest BCUT2D eigenvalue weighted by Crippen LogP contribution is -2.31. The molecule has 0 aliphatic heterocycles. The van der Waals surface area contributed by atoms with Crippen molar-refractivity contribution in [3.63, 3.8) is 0 Å². The fourth-order valence-electron chi connectivity index (χ4n) is 6.00. The summed E-state index contributed by atoms with van der Waals surface area (Å²) in [5.74, 6) is 0.382. The molecule has 10 heteroatoms. The maximum atomic E-state index is 13.0. The van der Waals surface area contributed by atoms with Crippen LogP contribution in [0.15, 0.2) is 88.7 Å². The van der Waals surface area contributed by atoms with Crippen molar-refractivity contribution in [3.05, 3.63) is 100 Å². The van der Waals surface area contributed by atoms with Crippen molar-refractivity contribution in [3.8, 4) is 0 Å². The van der Waals surface area contributed by atoms with E-state index in [0.717, 1.165) is 22.9 Å². The summed E-state index contributed by atoms with van der Waals surface area (Å²) in [7, 11) is -4.35. The molecule has 1 saturated carbocycles. The molecule has 0 saturated heterocycles. The lowest BCUT2D eigenvalue weighted by Gasteiger charge is -2.37. The first kappa shape index (κ1) is 28.9. The van der Waals surface area contributed by atoms with Crippen LogP contribution in [-0.4, -0.2) is 31.5 Å². The maximum Gasteiger partial charge on any atom is 0.293 e. The molecule has 1 fully saturated rings. The monoisotopic (exact) mass is 591 g/mol. The average Bonchev–Trinajstić information content (AvgIpc) is 3.29. The summed E-state index contributed by atoms with van der Waals surface area (Å²) in [4.78, 5) is 24.7. The minimum Gasteiger partial charge on any atom is -0.379 e. The molecular formula is C31H33N3O5S2. The number of rotatable bonds is 10. The Bertz CT molecular complexity index is 1620. The van der Waals surface area contributed by atoms with E-state index < -0.39 is 20.9 Å². The van der Waals surface area contributed by atoms with Crippen LogP contribution in [0, 0.1) is 26.9 Å². The fraction of sp³-hybridized carbons (Fsp3) is 0.323. The molecule has 2 aliphatic carbocycles. The second-order valence-electron chi connectivity index (χ2n) is 11.3. The number of fused-ring (bicyclic) bond motifs is 2. The SMILES string of the molecule is CC1(C)[C@H]2C=C(c3ccc(C(=O)NS(=O)(=O)c4ccc(NCCSc5ccccc5)c([N+](=O)[O-])c4)cc3)[C@]1(C)CC2. The lowest BCUT2D eigenvalue weighted by atomic mass is 9.66. The molecule has 2 atom stereocenters. The van der Waals surface area contributed by atoms with E-state index in [0.29, 0.717) is 18.2 Å². The summed E-state index contributed by atoms with van der Waals surface area (Å²) in [6.45, 7) is 7.34. The van der Waals surface area contributed by atoms with Crippen LogP contribution >= 0.6 is 11.8 Å². The number of hydrogen-bond acceptors (Lipinski definition) is 7. The molecule has 5 rings (SSSR count). The van der Waals surface area contributed by atoms with Gasteiger partial charge in [0, 0.05) is 28.8 Å². The summed E-state index contributed by atoms with van der Waals surface area (Å²) in [5, 5.41) is 14.7. The summed E-state index contributed by atoms with van der Waals surface area (Å²) in [5.41, 5.74) is 2.54. The number of nitrogens with one attached hydrogen (secondary N) is 2. The largest absolute Gasteiger partial charge is 0.379 e. The molecule has 1 amide bonds. The Hall–Kier alpha value is -3.63. The summed E-state index contributed by atoms with van der Waals surface area (Å²) in [6, 6.07) is 20.3. The molecular weight excluding hydrogens is 558 g/mol. The predicted octanol–water partition coefficient (Wildman–Crippen LogP) is 6.76. The van der Waals surface area contributed by atoms with Crippen molar-refractivity contribution in [1.82, 2.24) is 4.72 Å². The fourth-order valence-corrected chi connectivity index (χ4v) is 7.78. The first-order valence-corrected chi connectivity index (χ1v) is 16.0. The molecule has 214 valence electrons. The summed E-state index contributed by atoms with van der Waals surface area (Å²) in [6.07, 6.45) is 4.63. The van der Waals surface area contributed by atoms with E-state index in [9.17, 15) is 23.3 Å². The highest BCUT2D eigenvalue weighted by Crippen LogP contribution is 2.67. The predicted molar refractivity (Wildman–Crippen MR) is 162 cm³/mol. The first-order valence-electron chi connectivity index (χ1n) is 13.5. The summed E-state index contributed by atoms with van der Waals surface area (Å²) < 4.78 is 28.1. The van der Waals surface area contributed by atoms with Crippen molar-refractivity contribution < 1.29 is 18.1 Å². The third-order valence-electron chi connectivity index (χ3n) is 8.86. The zero-order valence-electron chi connectivity index (χ0n) is 23.2. The number of carbonyl (C=O) groups excluding carboxylic acids is 1. The van der Waals surface area contributed by atoms with E-state index >= 15 is 0 Å². The Kier molecular flexibility index (Phi) is 7.74. The topological polar surface area (TPSA) is 118 Å². The van der Waals surface area contributed by atoms with E-state index in [1.165, 1.54) is 24.1 Å². The van der Waals surface area contributed by atoms with Crippen molar-refractivity contribution in [2.75, 3.05) is 17.6 Å². The number of hydrogen-bond donors (Lipinski definition) is 2. The summed E-state index contributed by atoms with van der Waals surface area (Å²) >= 11 is 1.60. The van der Waals surface area contributed by atoms with Crippen LogP contribution in [0.4, 0.5) is 11.4 Å². The minimum absolute atomic E-state index is 0.0568. The van der Waals surface area contributed by atoms with Crippen LogP contribution in [0.3, 0.4) is 0 Å². The van der Waals surface area contributed by atoms with Crippen LogP contribution in [0.25, 0.3) is 5.57 Å². The van der Waals surface area contributed by atoms with Gasteiger partial charge in [-0.1, -0.05) is 57.2 Å². The Morgan fingerprint density at radius 3 is 2.37 bits per heavy atom. The van der Waals surface area contributed by atoms with Crippen LogP contribution in [0.5, 0.6) is 0 Å². The van der Waals surface area contributed by atoms with E-state index in [4.69, 9.17) is 0 Å². The van der Waals surface area contributed by atoms with Gasteiger partial charge in [-0.25, -0.2) is 13.1 Å². The molecule has 0 spiro atoms. The Balaban J connectivity index is 1.25. The van der Waals surface area contributed by atoms with Gasteiger partial charge in [0.2, 0.25) is 0 Å². The number of carbonyl (C=O) groups is 1. The second kappa shape index (κ2) is 11.0. The highest BCUT2D eigenvalue weighted by atomic mass is 32.2. The zero-order chi connectivity index (χ0) is 29.4. The molecule has 0 radical (unpaired) electrons. The Morgan fingerprint density at radius 2 is 1.76 bits per heavy atom. The van der Waals surface area contributed by atoms with E-state index in [2.05, 4.69) is 36.9 Å². The highest BCUT2D eigenvalue weighted by molar-refractivity contribution is 7.99. The van der Waals surface area contributed by atoms with E-state index in [1.807, 2.05) is 42.5 Å². The van der Waals surface area contributed by atoms with Gasteiger partial charge in [-0.05, 0) is 77.1 Å². The van der Waals surface area contributed by atoms with Crippen molar-refractivity contribution in [2.45, 2.75) is 43.4 Å². The number of nitro benzene ring substituents is 1. The van der Waals surface area contributed by atoms with Crippen molar-refractivity contribution >= 4 is 44.6 Å². The second-order valence-corrected chi connectivity index (χ2v) is 14.2. The molecule has 2 N–H and O–H groups in total. The standard InChI is InChI=1S/C31H33N3O5S2/c1-30(2)23-15-16-31(30,3)26(19-23)21-9-11-22(12-10-21)29(35)33-41(38,39)25-13-14-27(28(20-25)34(36)37)32-17-18-40-24-7-5-4-6-8-24/h4-14,19-20,23,32H,15-18H2,1-3H3,(H,33,35)/t23-,31+/m1/s1. The molecule has 0 unspecified atom stereocenters. The molecule has 0 heterocycles. The van der Waals surface area contributed by atoms with E-state index in [1.54, 1.807) is 23.9 Å². The van der Waals surface area contributed by atoms with Gasteiger partial charge in [0.25, 0.3) is 21.6 Å². The van der Waals surface area contributed by atoms with Gasteiger partial charge < -0.3 is 5.32 Å². The number of sulfonamides is 1. The third-order valence-corrected chi connectivity index (χ3v) is 11.2. The molecule has 0 aromatic heterocycles. The smallest absolute Gasteiger partial charge is 0.293 e. The molecule has 8 nitrogen and oxygen atoms in total. The highest BCUT2D eigenvalue weighted by Gasteiger charge is 2.57. The van der Waals surface area contributed by atoms with E-state index in [-0.39, 0.29) is 32.7 Å². The molecule has 2 aliphatic rings. The number of thioether (sulfide) groups is 1. The quantitative estimate of drug-likeness (QED) is 0.116. The zero-order valence-corrected chi connectivity index (χ0v) is 24.8. The lowest BCUT2D eigenvalue weighted by molar-refractivity contribution is -0.384. The minimum atomic E-state index is -4.35. The molecule has 3 aromatic carbocycles. The van der Waals surface area contributed by atoms with Crippen LogP contribution in [-0.2, 0) is 10.0 Å². The van der Waals surface area contributed by atoms with Crippen LogP contribution in [0.2, 0.25) is 0 Å². The van der Waals surface area contributed by atoms with Crippen molar-refractivity contribution in [1.29, 1.82) is 0 Å². The number of nitrogens with zero attached hydrogens (tertiary/aromatic N) is 1. The van der Waals surface area contributed by atoms with Gasteiger partial charge >= 0.3 is 0 Å². The maximum absolute atomic E-state index is 13.0. The van der Waals surface area contributed by atoms with Gasteiger partial charge in [0.05, 0.1) is 9.82 Å². The van der Waals surface area contributed by atoms with Crippen LogP contribution < -0.4 is 10.0 Å². The van der Waals surface area contributed by atoms with Gasteiger partial charge in [0.15, 0.2) is 0 Å². The third kappa shape index (κ3) is 5.50. The molecule has 3 aromatic rings. The van der Waals surface area contributed by atoms with Gasteiger partial charge in [-0.15, -0.1) is 11.8 Å². The molecule has 2 bridgehead atoms. The Morgan fingerprint density at radius 1 is 1.05 bits per heavy atom. The number of amides is 1. The van der Waals surface area contributed by atoms with Crippen LogP contribution in [0.1, 0.15) is 49.5 Å². The first-order chi connectivity index (χ1) is 19.4. The normalized spacial score (nSPS) is 20.9. The Labute approximate surface area is 244 Å². The number of nitro groups is 1. The van der Waals surface area contributed by atoms with Gasteiger partial charge in [0.1, 0.15) is 5.69 Å². The van der Waals surface area contributed by atoms with Gasteiger partial charge in [-0.3, -0.25) is 14.9 Å². The number of allylic oxidation sites excluding steroid dienone is 2. The number of benzene rings is 3. The average molecular weight is 592 g/mol. The van der Waals surface area contributed by atoms with Gasteiger partial charge in [-0.2, -0.15) is 0 Å². The van der Waals surface area contributed by atoms with Crippen molar-refractivity contribution in [2.24, 2.45) is 16.7 Å².